The van der Waals surface area contributed by atoms with Crippen molar-refractivity contribution >= 4 is 5.69 Å². The largest absolute Gasteiger partial charge is 0.497 e. The van der Waals surface area contributed by atoms with Gasteiger partial charge in [0, 0.05) is 37.0 Å². The molecule has 3 aromatic rings. The van der Waals surface area contributed by atoms with Gasteiger partial charge >= 0.3 is 0 Å². The molecule has 2 aromatic heterocycles. The van der Waals surface area contributed by atoms with Gasteiger partial charge in [-0.05, 0) is 18.2 Å². The standard InChI is InChI=1S/C17H19N5O2/c1-22-11-13(9-20-22)16-6-14(10-19-21-16)18-8-12-4-5-15(23-2)7-17(12)24-3/h4-7,9-11H,8H2,1-3H3,(H,18,21). The van der Waals surface area contributed by atoms with Crippen LogP contribution >= 0.6 is 0 Å². The molecule has 0 bridgehead atoms. The van der Waals surface area contributed by atoms with Crippen molar-refractivity contribution in [2.24, 2.45) is 7.05 Å². The van der Waals surface area contributed by atoms with Gasteiger partial charge in [-0.15, -0.1) is 0 Å². The first-order valence-corrected chi connectivity index (χ1v) is 7.46. The lowest BCUT2D eigenvalue weighted by Gasteiger charge is -2.12. The van der Waals surface area contributed by atoms with Crippen molar-refractivity contribution in [3.05, 3.63) is 48.4 Å². The summed E-state index contributed by atoms with van der Waals surface area (Å²) < 4.78 is 12.4. The Morgan fingerprint density at radius 3 is 2.71 bits per heavy atom. The number of ether oxygens (including phenoxy) is 2. The van der Waals surface area contributed by atoms with E-state index in [-0.39, 0.29) is 0 Å². The van der Waals surface area contributed by atoms with Gasteiger partial charge in [-0.1, -0.05) is 0 Å². The molecule has 0 spiro atoms. The predicted molar refractivity (Wildman–Crippen MR) is 91.1 cm³/mol. The van der Waals surface area contributed by atoms with E-state index in [9.17, 15) is 0 Å². The van der Waals surface area contributed by atoms with E-state index in [1.165, 1.54) is 0 Å². The zero-order chi connectivity index (χ0) is 16.9. The number of hydrogen-bond donors (Lipinski definition) is 1. The van der Waals surface area contributed by atoms with Crippen LogP contribution in [0.15, 0.2) is 42.9 Å². The van der Waals surface area contributed by atoms with Crippen LogP contribution in [0.25, 0.3) is 11.3 Å². The summed E-state index contributed by atoms with van der Waals surface area (Å²) in [5.74, 6) is 1.54. The highest BCUT2D eigenvalue weighted by molar-refractivity contribution is 5.61. The number of rotatable bonds is 6. The van der Waals surface area contributed by atoms with Crippen LogP contribution in [0.2, 0.25) is 0 Å². The van der Waals surface area contributed by atoms with Crippen LogP contribution in [0.4, 0.5) is 5.69 Å². The lowest BCUT2D eigenvalue weighted by atomic mass is 10.2. The Balaban J connectivity index is 1.75. The number of nitrogens with one attached hydrogen (secondary N) is 1. The molecule has 0 amide bonds. The van der Waals surface area contributed by atoms with Crippen LogP contribution in [0, 0.1) is 0 Å². The minimum atomic E-state index is 0.603. The predicted octanol–water partition coefficient (Wildman–Crippen LogP) is 2.51. The van der Waals surface area contributed by atoms with E-state index < -0.39 is 0 Å². The smallest absolute Gasteiger partial charge is 0.127 e. The molecule has 0 saturated carbocycles. The molecule has 0 fully saturated rings. The molecule has 1 aromatic carbocycles. The molecule has 3 rings (SSSR count). The van der Waals surface area contributed by atoms with E-state index in [2.05, 4.69) is 20.6 Å². The van der Waals surface area contributed by atoms with Crippen molar-refractivity contribution < 1.29 is 9.47 Å². The third kappa shape index (κ3) is 3.45. The summed E-state index contributed by atoms with van der Waals surface area (Å²) in [7, 11) is 5.15. The quantitative estimate of drug-likeness (QED) is 0.750. The number of benzene rings is 1. The van der Waals surface area contributed by atoms with Crippen molar-refractivity contribution in [3.63, 3.8) is 0 Å². The van der Waals surface area contributed by atoms with Gasteiger partial charge in [-0.2, -0.15) is 15.3 Å². The number of anilines is 1. The Morgan fingerprint density at radius 1 is 1.12 bits per heavy atom. The van der Waals surface area contributed by atoms with Crippen molar-refractivity contribution in [2.45, 2.75) is 6.54 Å². The summed E-state index contributed by atoms with van der Waals surface area (Å²) in [6.45, 7) is 0.603. The first-order chi connectivity index (χ1) is 11.7. The molecule has 1 N–H and O–H groups in total. The Bertz CT molecular complexity index is 831. The van der Waals surface area contributed by atoms with Crippen LogP contribution in [0.1, 0.15) is 5.56 Å². The second-order valence-electron chi connectivity index (χ2n) is 5.26. The van der Waals surface area contributed by atoms with Crippen LogP contribution < -0.4 is 14.8 Å². The fourth-order valence-corrected chi connectivity index (χ4v) is 2.35. The van der Waals surface area contributed by atoms with E-state index in [1.807, 2.05) is 37.5 Å². The van der Waals surface area contributed by atoms with Crippen molar-refractivity contribution in [2.75, 3.05) is 19.5 Å². The number of methoxy groups -OCH3 is 2. The van der Waals surface area contributed by atoms with Crippen LogP contribution in [-0.2, 0) is 13.6 Å². The van der Waals surface area contributed by atoms with Crippen molar-refractivity contribution in [1.82, 2.24) is 20.0 Å². The van der Waals surface area contributed by atoms with Crippen LogP contribution in [0.5, 0.6) is 11.5 Å². The third-order valence-electron chi connectivity index (χ3n) is 3.63. The Kier molecular flexibility index (Phi) is 4.60. The van der Waals surface area contributed by atoms with Crippen LogP contribution in [-0.4, -0.2) is 34.2 Å². The minimum absolute atomic E-state index is 0.603. The average Bonchev–Trinajstić information content (AvgIpc) is 3.06. The van der Waals surface area contributed by atoms with E-state index in [4.69, 9.17) is 9.47 Å². The van der Waals surface area contributed by atoms with Gasteiger partial charge in [0.25, 0.3) is 0 Å². The molecule has 24 heavy (non-hydrogen) atoms. The maximum atomic E-state index is 5.41. The third-order valence-corrected chi connectivity index (χ3v) is 3.63. The van der Waals surface area contributed by atoms with Gasteiger partial charge in [0.05, 0.1) is 38.0 Å². The minimum Gasteiger partial charge on any atom is -0.497 e. The average molecular weight is 325 g/mol. The topological polar surface area (TPSA) is 74.1 Å². The summed E-state index contributed by atoms with van der Waals surface area (Å²) in [6.07, 6.45) is 5.36. The van der Waals surface area contributed by atoms with Crippen LogP contribution in [0.3, 0.4) is 0 Å². The summed E-state index contributed by atoms with van der Waals surface area (Å²) in [5, 5.41) is 15.7. The summed E-state index contributed by atoms with van der Waals surface area (Å²) >= 11 is 0. The molecule has 0 radical (unpaired) electrons. The lowest BCUT2D eigenvalue weighted by Crippen LogP contribution is -2.03. The number of hydrogen-bond acceptors (Lipinski definition) is 6. The number of aromatic nitrogens is 4. The van der Waals surface area contributed by atoms with Crippen molar-refractivity contribution in [3.8, 4) is 22.8 Å². The van der Waals surface area contributed by atoms with Gasteiger partial charge < -0.3 is 14.8 Å². The lowest BCUT2D eigenvalue weighted by molar-refractivity contribution is 0.391. The van der Waals surface area contributed by atoms with Gasteiger partial charge in [-0.25, -0.2) is 0 Å². The first-order valence-electron chi connectivity index (χ1n) is 7.46. The van der Waals surface area contributed by atoms with E-state index in [0.29, 0.717) is 6.54 Å². The summed E-state index contributed by atoms with van der Waals surface area (Å²) in [6, 6.07) is 7.69. The molecule has 0 aliphatic rings. The molecular weight excluding hydrogens is 306 g/mol. The zero-order valence-corrected chi connectivity index (χ0v) is 13.9. The number of nitrogens with zero attached hydrogens (tertiary/aromatic N) is 4. The maximum absolute atomic E-state index is 5.41. The van der Waals surface area contributed by atoms with Gasteiger partial charge in [-0.3, -0.25) is 4.68 Å². The molecule has 0 saturated heterocycles. The summed E-state index contributed by atoms with van der Waals surface area (Å²) in [4.78, 5) is 0. The Hall–Kier alpha value is -3.09. The van der Waals surface area contributed by atoms with Gasteiger partial charge in [0.1, 0.15) is 11.5 Å². The second-order valence-corrected chi connectivity index (χ2v) is 5.26. The molecular formula is C17H19N5O2. The molecule has 0 aliphatic heterocycles. The second kappa shape index (κ2) is 6.99. The number of aryl methyl sites for hydroxylation is 1. The van der Waals surface area contributed by atoms with E-state index in [1.54, 1.807) is 31.3 Å². The molecule has 0 aliphatic carbocycles. The molecule has 7 nitrogen and oxygen atoms in total. The Labute approximate surface area is 140 Å². The van der Waals surface area contributed by atoms with Crippen molar-refractivity contribution in [1.29, 1.82) is 0 Å². The van der Waals surface area contributed by atoms with Gasteiger partial charge in [0.15, 0.2) is 0 Å². The maximum Gasteiger partial charge on any atom is 0.127 e. The first kappa shape index (κ1) is 15.8. The molecule has 7 heteroatoms. The molecule has 0 atom stereocenters. The summed E-state index contributed by atoms with van der Waals surface area (Å²) in [5.41, 5.74) is 3.60. The molecule has 2 heterocycles. The highest BCUT2D eigenvalue weighted by Crippen LogP contribution is 2.25. The SMILES string of the molecule is COc1ccc(CNc2cnnc(-c3cnn(C)c3)c2)c(OC)c1. The Morgan fingerprint density at radius 2 is 2.00 bits per heavy atom. The molecule has 0 unspecified atom stereocenters. The zero-order valence-electron chi connectivity index (χ0n) is 13.9. The highest BCUT2D eigenvalue weighted by atomic mass is 16.5. The highest BCUT2D eigenvalue weighted by Gasteiger charge is 2.07. The fraction of sp³-hybridized carbons (Fsp3) is 0.235. The fourth-order valence-electron chi connectivity index (χ4n) is 2.35. The molecule has 124 valence electrons. The monoisotopic (exact) mass is 325 g/mol. The van der Waals surface area contributed by atoms with E-state index in [0.717, 1.165) is 34.0 Å². The van der Waals surface area contributed by atoms with Gasteiger partial charge in [0.2, 0.25) is 0 Å². The van der Waals surface area contributed by atoms with E-state index >= 15 is 0 Å². The normalized spacial score (nSPS) is 10.5.